The Morgan fingerprint density at radius 3 is 2.33 bits per heavy atom. The van der Waals surface area contributed by atoms with Gasteiger partial charge in [-0.25, -0.2) is 0 Å². The number of hydrogen-bond acceptors (Lipinski definition) is 3. The molecule has 1 unspecified atom stereocenters. The molecule has 1 aliphatic carbocycles. The highest BCUT2D eigenvalue weighted by Gasteiger charge is 2.50. The Balaban J connectivity index is 1.76. The van der Waals surface area contributed by atoms with E-state index in [1.54, 1.807) is 0 Å². The summed E-state index contributed by atoms with van der Waals surface area (Å²) in [7, 11) is 0. The highest BCUT2D eigenvalue weighted by atomic mass is 16.5. The minimum atomic E-state index is -0.0346. The third kappa shape index (κ3) is 2.45. The van der Waals surface area contributed by atoms with Gasteiger partial charge in [-0.15, -0.1) is 0 Å². The Hall–Kier alpha value is -0.120. The summed E-state index contributed by atoms with van der Waals surface area (Å²) in [5.41, 5.74) is 0.119. The van der Waals surface area contributed by atoms with Crippen molar-refractivity contribution >= 4 is 0 Å². The predicted molar refractivity (Wildman–Crippen MR) is 71.8 cm³/mol. The van der Waals surface area contributed by atoms with E-state index in [0.717, 1.165) is 32.5 Å². The molecule has 0 aromatic heterocycles. The van der Waals surface area contributed by atoms with E-state index in [4.69, 9.17) is 9.47 Å². The van der Waals surface area contributed by atoms with E-state index < -0.39 is 0 Å². The summed E-state index contributed by atoms with van der Waals surface area (Å²) in [4.78, 5) is 0. The van der Waals surface area contributed by atoms with E-state index in [2.05, 4.69) is 19.2 Å². The zero-order valence-corrected chi connectivity index (χ0v) is 11.9. The monoisotopic (exact) mass is 253 g/mol. The molecule has 0 amide bonds. The number of rotatable bonds is 0. The second-order valence-electron chi connectivity index (χ2n) is 7.17. The topological polar surface area (TPSA) is 30.5 Å². The highest BCUT2D eigenvalue weighted by molar-refractivity contribution is 5.02. The number of nitrogens with one attached hydrogen (secondary N) is 1. The first-order valence-corrected chi connectivity index (χ1v) is 7.58. The van der Waals surface area contributed by atoms with Crippen LogP contribution in [0.1, 0.15) is 58.8 Å². The molecule has 3 nitrogen and oxygen atoms in total. The molecule has 2 spiro atoms. The van der Waals surface area contributed by atoms with E-state index in [9.17, 15) is 0 Å². The van der Waals surface area contributed by atoms with Gasteiger partial charge in [-0.2, -0.15) is 0 Å². The van der Waals surface area contributed by atoms with Crippen LogP contribution in [0.3, 0.4) is 0 Å². The maximum atomic E-state index is 6.74. The van der Waals surface area contributed by atoms with Crippen molar-refractivity contribution < 1.29 is 9.47 Å². The zero-order chi connectivity index (χ0) is 12.7. The van der Waals surface area contributed by atoms with Crippen LogP contribution in [0.25, 0.3) is 0 Å². The second-order valence-corrected chi connectivity index (χ2v) is 7.17. The highest BCUT2D eigenvalue weighted by Crippen LogP contribution is 2.43. The maximum Gasteiger partial charge on any atom is 0.0863 e. The molecule has 3 rings (SSSR count). The van der Waals surface area contributed by atoms with E-state index in [1.807, 2.05) is 0 Å². The molecule has 0 aromatic carbocycles. The van der Waals surface area contributed by atoms with Crippen LogP contribution in [-0.4, -0.2) is 36.5 Å². The molecule has 2 aliphatic heterocycles. The van der Waals surface area contributed by atoms with Gasteiger partial charge >= 0.3 is 0 Å². The molecule has 1 saturated carbocycles. The van der Waals surface area contributed by atoms with Crippen LogP contribution < -0.4 is 5.32 Å². The summed E-state index contributed by atoms with van der Waals surface area (Å²) in [5, 5.41) is 3.66. The molecule has 0 aromatic rings. The standard InChI is InChI=1S/C15H27NO2/c1-13(2)10-15(8-9-17-13)12-16-11-14(18-15)6-4-3-5-7-14/h16H,3-12H2,1-2H3. The minimum Gasteiger partial charge on any atom is -0.375 e. The Kier molecular flexibility index (Phi) is 3.20. The molecule has 1 N–H and O–H groups in total. The summed E-state index contributed by atoms with van der Waals surface area (Å²) in [6.45, 7) is 7.28. The SMILES string of the molecule is CC1(C)CC2(CCO1)CNCC1(CCCCC1)O2. The van der Waals surface area contributed by atoms with E-state index in [-0.39, 0.29) is 16.8 Å². The molecule has 3 aliphatic rings. The van der Waals surface area contributed by atoms with Crippen LogP contribution in [-0.2, 0) is 9.47 Å². The summed E-state index contributed by atoms with van der Waals surface area (Å²) < 4.78 is 12.6. The lowest BCUT2D eigenvalue weighted by Gasteiger charge is -2.54. The zero-order valence-electron chi connectivity index (χ0n) is 11.9. The quantitative estimate of drug-likeness (QED) is 0.720. The molecule has 3 heteroatoms. The summed E-state index contributed by atoms with van der Waals surface area (Å²) in [6.07, 6.45) is 8.59. The van der Waals surface area contributed by atoms with E-state index in [0.29, 0.717) is 0 Å². The number of ether oxygens (including phenoxy) is 2. The van der Waals surface area contributed by atoms with E-state index >= 15 is 0 Å². The van der Waals surface area contributed by atoms with Gasteiger partial charge in [0.2, 0.25) is 0 Å². The van der Waals surface area contributed by atoms with Crippen LogP contribution in [0.15, 0.2) is 0 Å². The molecule has 18 heavy (non-hydrogen) atoms. The fourth-order valence-electron chi connectivity index (χ4n) is 4.19. The van der Waals surface area contributed by atoms with Crippen molar-refractivity contribution in [3.8, 4) is 0 Å². The van der Waals surface area contributed by atoms with Gasteiger partial charge in [0.1, 0.15) is 0 Å². The first-order valence-electron chi connectivity index (χ1n) is 7.58. The average Bonchev–Trinajstić information content (AvgIpc) is 2.28. The van der Waals surface area contributed by atoms with Crippen molar-refractivity contribution in [2.24, 2.45) is 0 Å². The minimum absolute atomic E-state index is 0.0251. The lowest BCUT2D eigenvalue weighted by Crippen LogP contribution is -2.64. The molecule has 2 heterocycles. The van der Waals surface area contributed by atoms with Crippen molar-refractivity contribution in [1.29, 1.82) is 0 Å². The molecule has 0 bridgehead atoms. The summed E-state index contributed by atoms with van der Waals surface area (Å²) in [6, 6.07) is 0. The smallest absolute Gasteiger partial charge is 0.0863 e. The molecule has 3 fully saturated rings. The number of morpholine rings is 1. The number of hydrogen-bond donors (Lipinski definition) is 1. The third-order valence-electron chi connectivity index (χ3n) is 4.89. The van der Waals surface area contributed by atoms with Crippen molar-refractivity contribution in [3.63, 3.8) is 0 Å². The normalized spacial score (nSPS) is 39.0. The fourth-order valence-corrected chi connectivity index (χ4v) is 4.19. The largest absolute Gasteiger partial charge is 0.375 e. The van der Waals surface area contributed by atoms with Gasteiger partial charge in [-0.3, -0.25) is 0 Å². The van der Waals surface area contributed by atoms with Gasteiger partial charge in [-0.1, -0.05) is 19.3 Å². The Bertz CT molecular complexity index is 300. The van der Waals surface area contributed by atoms with Gasteiger partial charge in [0.25, 0.3) is 0 Å². The molecule has 0 radical (unpaired) electrons. The van der Waals surface area contributed by atoms with Gasteiger partial charge in [0, 0.05) is 25.9 Å². The predicted octanol–water partition coefficient (Wildman–Crippen LogP) is 2.64. The molecule has 1 atom stereocenters. The fraction of sp³-hybridized carbons (Fsp3) is 1.00. The van der Waals surface area contributed by atoms with Crippen molar-refractivity contribution in [1.82, 2.24) is 5.32 Å². The first-order chi connectivity index (χ1) is 8.54. The van der Waals surface area contributed by atoms with Crippen LogP contribution in [0.5, 0.6) is 0 Å². The van der Waals surface area contributed by atoms with Crippen LogP contribution in [0, 0.1) is 0 Å². The molecular weight excluding hydrogens is 226 g/mol. The van der Waals surface area contributed by atoms with Crippen molar-refractivity contribution in [3.05, 3.63) is 0 Å². The van der Waals surface area contributed by atoms with Gasteiger partial charge < -0.3 is 14.8 Å². The Labute approximate surface area is 111 Å². The Morgan fingerprint density at radius 2 is 1.61 bits per heavy atom. The second kappa shape index (κ2) is 4.46. The average molecular weight is 253 g/mol. The van der Waals surface area contributed by atoms with Crippen molar-refractivity contribution in [2.75, 3.05) is 19.7 Å². The van der Waals surface area contributed by atoms with E-state index in [1.165, 1.54) is 32.1 Å². The van der Waals surface area contributed by atoms with Gasteiger partial charge in [-0.05, 0) is 26.7 Å². The van der Waals surface area contributed by atoms with Crippen LogP contribution in [0.2, 0.25) is 0 Å². The lowest BCUT2D eigenvalue weighted by molar-refractivity contribution is -0.242. The maximum absolute atomic E-state index is 6.74. The van der Waals surface area contributed by atoms with Gasteiger partial charge in [0.15, 0.2) is 0 Å². The summed E-state index contributed by atoms with van der Waals surface area (Å²) in [5.74, 6) is 0. The molecule has 2 saturated heterocycles. The molecule has 104 valence electrons. The van der Waals surface area contributed by atoms with Gasteiger partial charge in [0.05, 0.1) is 23.4 Å². The lowest BCUT2D eigenvalue weighted by atomic mass is 9.78. The Morgan fingerprint density at radius 1 is 0.889 bits per heavy atom. The third-order valence-corrected chi connectivity index (χ3v) is 4.89. The van der Waals surface area contributed by atoms with Crippen molar-refractivity contribution in [2.45, 2.75) is 75.6 Å². The first kappa shape index (κ1) is 12.9. The molecular formula is C15H27NO2. The van der Waals surface area contributed by atoms with Crippen LogP contribution in [0.4, 0.5) is 0 Å². The van der Waals surface area contributed by atoms with Crippen LogP contribution >= 0.6 is 0 Å². The summed E-state index contributed by atoms with van der Waals surface area (Å²) >= 11 is 0.